The van der Waals surface area contributed by atoms with Gasteiger partial charge in [0.1, 0.15) is 0 Å². The first-order valence-electron chi connectivity index (χ1n) is 5.78. The van der Waals surface area contributed by atoms with Gasteiger partial charge in [0.25, 0.3) is 0 Å². The first kappa shape index (κ1) is 14.0. The van der Waals surface area contributed by atoms with Crippen LogP contribution in [-0.2, 0) is 16.1 Å². The van der Waals surface area contributed by atoms with E-state index in [0.717, 1.165) is 4.88 Å². The minimum absolute atomic E-state index is 0.197. The number of hydrogen-bond donors (Lipinski definition) is 2. The molecule has 0 saturated heterocycles. The molecule has 2 N–H and O–H groups in total. The van der Waals surface area contributed by atoms with Gasteiger partial charge in [-0.3, -0.25) is 14.4 Å². The van der Waals surface area contributed by atoms with E-state index in [0.29, 0.717) is 4.88 Å². The normalized spacial score (nSPS) is 10.1. The quantitative estimate of drug-likeness (QED) is 0.648. The van der Waals surface area contributed by atoms with Crippen molar-refractivity contribution in [2.75, 3.05) is 7.05 Å². The molecule has 2 heterocycles. The van der Waals surface area contributed by atoms with E-state index in [1.54, 1.807) is 24.3 Å². The number of furan rings is 1. The highest BCUT2D eigenvalue weighted by Gasteiger charge is 2.15. The van der Waals surface area contributed by atoms with Gasteiger partial charge >= 0.3 is 11.8 Å². The molecule has 0 bridgehead atoms. The fraction of sp³-hybridized carbons (Fsp3) is 0.154. The van der Waals surface area contributed by atoms with Gasteiger partial charge in [-0.15, -0.1) is 11.3 Å². The summed E-state index contributed by atoms with van der Waals surface area (Å²) in [5.74, 6) is -1.34. The van der Waals surface area contributed by atoms with Gasteiger partial charge in [0.15, 0.2) is 5.76 Å². The summed E-state index contributed by atoms with van der Waals surface area (Å²) in [5, 5.41) is 4.69. The molecular formula is C13H12N2O4S. The number of amides is 2. The van der Waals surface area contributed by atoms with Crippen LogP contribution in [0.15, 0.2) is 34.9 Å². The maximum atomic E-state index is 12.0. The number of thiophene rings is 1. The summed E-state index contributed by atoms with van der Waals surface area (Å²) in [6, 6.07) is 6.63. The Labute approximate surface area is 118 Å². The molecule has 7 heteroatoms. The summed E-state index contributed by atoms with van der Waals surface area (Å²) < 4.78 is 5.04. The van der Waals surface area contributed by atoms with E-state index in [4.69, 9.17) is 4.42 Å². The second-order valence-corrected chi connectivity index (χ2v) is 5.00. The lowest BCUT2D eigenvalue weighted by molar-refractivity contribution is -0.138. The minimum Gasteiger partial charge on any atom is -0.461 e. The van der Waals surface area contributed by atoms with E-state index >= 15 is 0 Å². The molecule has 0 aromatic carbocycles. The van der Waals surface area contributed by atoms with Gasteiger partial charge in [-0.25, -0.2) is 0 Å². The Morgan fingerprint density at radius 1 is 1.20 bits per heavy atom. The van der Waals surface area contributed by atoms with Crippen LogP contribution in [-0.4, -0.2) is 24.6 Å². The molecule has 0 fully saturated rings. The van der Waals surface area contributed by atoms with E-state index in [-0.39, 0.29) is 18.1 Å². The van der Waals surface area contributed by atoms with Crippen LogP contribution in [0.5, 0.6) is 0 Å². The lowest BCUT2D eigenvalue weighted by Gasteiger charge is -2.01. The fourth-order valence-electron chi connectivity index (χ4n) is 1.49. The first-order valence-corrected chi connectivity index (χ1v) is 6.60. The Bertz CT molecular complexity index is 631. The molecule has 20 heavy (non-hydrogen) atoms. The highest BCUT2D eigenvalue weighted by atomic mass is 32.1. The van der Waals surface area contributed by atoms with E-state index < -0.39 is 11.8 Å². The number of carbonyl (C=O) groups excluding carboxylic acids is 3. The van der Waals surface area contributed by atoms with E-state index in [9.17, 15) is 14.4 Å². The van der Waals surface area contributed by atoms with Crippen molar-refractivity contribution in [2.45, 2.75) is 6.54 Å². The summed E-state index contributed by atoms with van der Waals surface area (Å²) in [6.45, 7) is 0.197. The molecule has 2 aromatic heterocycles. The molecule has 6 nitrogen and oxygen atoms in total. The molecule has 0 saturated carbocycles. The highest BCUT2D eigenvalue weighted by Crippen LogP contribution is 2.20. The molecule has 0 unspecified atom stereocenters. The predicted octanol–water partition coefficient (Wildman–Crippen LogP) is 0.934. The smallest absolute Gasteiger partial charge is 0.309 e. The van der Waals surface area contributed by atoms with Crippen molar-refractivity contribution in [3.8, 4) is 0 Å². The van der Waals surface area contributed by atoms with Crippen LogP contribution >= 0.6 is 11.3 Å². The molecule has 0 atom stereocenters. The molecule has 2 aromatic rings. The van der Waals surface area contributed by atoms with Crippen LogP contribution in [0, 0.1) is 0 Å². The predicted molar refractivity (Wildman–Crippen MR) is 72.4 cm³/mol. The third-order valence-electron chi connectivity index (χ3n) is 2.49. The van der Waals surface area contributed by atoms with Gasteiger partial charge in [-0.05, 0) is 24.3 Å². The molecule has 0 radical (unpaired) electrons. The average molecular weight is 292 g/mol. The number of carbonyl (C=O) groups is 3. The molecule has 104 valence electrons. The standard InChI is InChI=1S/C13H12N2O4S/c1-14-12(17)13(18)15-7-8-4-5-10(20-8)11(16)9-3-2-6-19-9/h2-6H,7H2,1H3,(H,14,17)(H,15,18). The Hall–Kier alpha value is -2.41. The maximum Gasteiger partial charge on any atom is 0.309 e. The minimum atomic E-state index is -0.709. The monoisotopic (exact) mass is 292 g/mol. The molecule has 0 aliphatic heterocycles. The largest absolute Gasteiger partial charge is 0.461 e. The summed E-state index contributed by atoms with van der Waals surface area (Å²) >= 11 is 1.24. The van der Waals surface area contributed by atoms with Crippen LogP contribution < -0.4 is 10.6 Å². The van der Waals surface area contributed by atoms with Crippen LogP contribution in [0.4, 0.5) is 0 Å². The zero-order chi connectivity index (χ0) is 14.5. The SMILES string of the molecule is CNC(=O)C(=O)NCc1ccc(C(=O)c2ccco2)s1. The average Bonchev–Trinajstić information content (AvgIpc) is 3.14. The number of rotatable bonds is 4. The van der Waals surface area contributed by atoms with Gasteiger partial charge < -0.3 is 15.1 Å². The second kappa shape index (κ2) is 6.16. The Morgan fingerprint density at radius 3 is 2.65 bits per heavy atom. The van der Waals surface area contributed by atoms with Gasteiger partial charge in [0, 0.05) is 11.9 Å². The van der Waals surface area contributed by atoms with Crippen molar-refractivity contribution in [2.24, 2.45) is 0 Å². The van der Waals surface area contributed by atoms with Crippen LogP contribution in [0.2, 0.25) is 0 Å². The Kier molecular flexibility index (Phi) is 4.31. The Balaban J connectivity index is 1.98. The lowest BCUT2D eigenvalue weighted by Crippen LogP contribution is -2.37. The van der Waals surface area contributed by atoms with Gasteiger partial charge in [0.05, 0.1) is 17.7 Å². The fourth-order valence-corrected chi connectivity index (χ4v) is 2.38. The second-order valence-electron chi connectivity index (χ2n) is 3.83. The summed E-state index contributed by atoms with van der Waals surface area (Å²) in [5.41, 5.74) is 0. The molecule has 0 spiro atoms. The summed E-state index contributed by atoms with van der Waals surface area (Å²) in [6.07, 6.45) is 1.44. The molecule has 0 aliphatic rings. The Morgan fingerprint density at radius 2 is 2.00 bits per heavy atom. The van der Waals surface area contributed by atoms with E-state index in [2.05, 4.69) is 10.6 Å². The zero-order valence-electron chi connectivity index (χ0n) is 10.6. The molecular weight excluding hydrogens is 280 g/mol. The summed E-state index contributed by atoms with van der Waals surface area (Å²) in [4.78, 5) is 35.6. The van der Waals surface area contributed by atoms with Crippen molar-refractivity contribution in [1.82, 2.24) is 10.6 Å². The topological polar surface area (TPSA) is 88.4 Å². The number of ketones is 1. The third kappa shape index (κ3) is 3.12. The van der Waals surface area contributed by atoms with Gasteiger partial charge in [0.2, 0.25) is 5.78 Å². The van der Waals surface area contributed by atoms with Crippen molar-refractivity contribution in [3.63, 3.8) is 0 Å². The highest BCUT2D eigenvalue weighted by molar-refractivity contribution is 7.14. The number of nitrogens with one attached hydrogen (secondary N) is 2. The molecule has 2 rings (SSSR count). The van der Waals surface area contributed by atoms with Gasteiger partial charge in [-0.1, -0.05) is 0 Å². The summed E-state index contributed by atoms with van der Waals surface area (Å²) in [7, 11) is 1.38. The zero-order valence-corrected chi connectivity index (χ0v) is 11.5. The van der Waals surface area contributed by atoms with Crippen LogP contribution in [0.25, 0.3) is 0 Å². The van der Waals surface area contributed by atoms with Crippen LogP contribution in [0.1, 0.15) is 20.3 Å². The number of hydrogen-bond acceptors (Lipinski definition) is 5. The van der Waals surface area contributed by atoms with Crippen LogP contribution in [0.3, 0.4) is 0 Å². The number of likely N-dealkylation sites (N-methyl/N-ethyl adjacent to an activating group) is 1. The van der Waals surface area contributed by atoms with E-state index in [1.807, 2.05) is 0 Å². The molecule has 0 aliphatic carbocycles. The maximum absolute atomic E-state index is 12.0. The lowest BCUT2D eigenvalue weighted by atomic mass is 10.2. The van der Waals surface area contributed by atoms with E-state index in [1.165, 1.54) is 24.6 Å². The van der Waals surface area contributed by atoms with Gasteiger partial charge in [-0.2, -0.15) is 0 Å². The van der Waals surface area contributed by atoms with Crippen molar-refractivity contribution in [3.05, 3.63) is 46.0 Å². The van der Waals surface area contributed by atoms with Crippen molar-refractivity contribution in [1.29, 1.82) is 0 Å². The first-order chi connectivity index (χ1) is 9.61. The van der Waals surface area contributed by atoms with Crippen molar-refractivity contribution >= 4 is 28.9 Å². The molecule has 2 amide bonds. The van der Waals surface area contributed by atoms with Crippen molar-refractivity contribution < 1.29 is 18.8 Å². The third-order valence-corrected chi connectivity index (χ3v) is 3.57.